The molecule has 2 N–H and O–H groups in total. The van der Waals surface area contributed by atoms with Crippen molar-refractivity contribution in [1.82, 2.24) is 14.1 Å². The third-order valence-electron chi connectivity index (χ3n) is 4.92. The van der Waals surface area contributed by atoms with Crippen molar-refractivity contribution in [3.8, 4) is 0 Å². The summed E-state index contributed by atoms with van der Waals surface area (Å²) in [5.74, 6) is -0.285. The van der Waals surface area contributed by atoms with Crippen molar-refractivity contribution in [3.05, 3.63) is 105 Å². The third-order valence-corrected chi connectivity index (χ3v) is 6.76. The van der Waals surface area contributed by atoms with Gasteiger partial charge in [-0.1, -0.05) is 71.7 Å². The molecule has 3 aromatic carbocycles. The van der Waals surface area contributed by atoms with Crippen LogP contribution in [0.25, 0.3) is 0 Å². The Hall–Kier alpha value is -2.82. The summed E-state index contributed by atoms with van der Waals surface area (Å²) in [6.45, 7) is 0.181. The first-order chi connectivity index (χ1) is 16.4. The number of benzene rings is 3. The van der Waals surface area contributed by atoms with Crippen LogP contribution >= 0.6 is 34.9 Å². The summed E-state index contributed by atoms with van der Waals surface area (Å²) in [5.41, 5.74) is 2.49. The lowest BCUT2D eigenvalue weighted by atomic mass is 10.1. The average molecular weight is 533 g/mol. The molecular formula is C23H18Cl2N4O3S2. The molecule has 1 unspecified atom stereocenters. The van der Waals surface area contributed by atoms with Gasteiger partial charge in [-0.3, -0.25) is 9.35 Å². The Kier molecular flexibility index (Phi) is 7.91. The number of halogens is 2. The number of hydrogen-bond donors (Lipinski definition) is 2. The molecule has 11 heteroatoms. The smallest absolute Gasteiger partial charge is 0.268 e. The van der Waals surface area contributed by atoms with E-state index in [1.54, 1.807) is 18.2 Å². The summed E-state index contributed by atoms with van der Waals surface area (Å²) in [7, 11) is 0. The lowest BCUT2D eigenvalue weighted by Crippen LogP contribution is -2.28. The number of carbonyl (C=O) groups is 1. The molecule has 1 aromatic heterocycles. The highest BCUT2D eigenvalue weighted by atomic mass is 35.5. The molecule has 0 saturated heterocycles. The highest BCUT2D eigenvalue weighted by Crippen LogP contribution is 2.34. The Labute approximate surface area is 213 Å². The van der Waals surface area contributed by atoms with Crippen LogP contribution in [-0.4, -0.2) is 23.4 Å². The maximum atomic E-state index is 13.1. The van der Waals surface area contributed by atoms with E-state index >= 15 is 0 Å². The summed E-state index contributed by atoms with van der Waals surface area (Å²) in [6, 6.07) is 21.2. The van der Waals surface area contributed by atoms with E-state index in [0.717, 1.165) is 27.2 Å². The van der Waals surface area contributed by atoms with Gasteiger partial charge < -0.3 is 5.32 Å². The SMILES string of the molecule is O=C(NCc1ccccc1Cl)c1ccc(Cl)cc1N(c1nsnc1Cc1ccccc1)S(=O)O. The molecule has 1 heterocycles. The number of nitrogens with one attached hydrogen (secondary N) is 1. The number of rotatable bonds is 8. The Morgan fingerprint density at radius 3 is 2.50 bits per heavy atom. The normalized spacial score (nSPS) is 11.7. The van der Waals surface area contributed by atoms with Crippen LogP contribution < -0.4 is 9.62 Å². The van der Waals surface area contributed by atoms with Crippen molar-refractivity contribution < 1.29 is 13.6 Å². The van der Waals surface area contributed by atoms with Crippen molar-refractivity contribution >= 4 is 63.6 Å². The summed E-state index contributed by atoms with van der Waals surface area (Å²) in [4.78, 5) is 13.1. The van der Waals surface area contributed by atoms with E-state index in [4.69, 9.17) is 23.2 Å². The minimum Gasteiger partial charge on any atom is -0.348 e. The molecule has 0 aliphatic carbocycles. The topological polar surface area (TPSA) is 95.4 Å². The Morgan fingerprint density at radius 2 is 1.76 bits per heavy atom. The van der Waals surface area contributed by atoms with Crippen molar-refractivity contribution in [3.63, 3.8) is 0 Å². The zero-order valence-electron chi connectivity index (χ0n) is 17.5. The van der Waals surface area contributed by atoms with Crippen LogP contribution in [0.2, 0.25) is 10.0 Å². The van der Waals surface area contributed by atoms with Crippen LogP contribution in [0.1, 0.15) is 27.2 Å². The van der Waals surface area contributed by atoms with Gasteiger partial charge in [-0.15, -0.1) is 0 Å². The minimum atomic E-state index is -2.55. The summed E-state index contributed by atoms with van der Waals surface area (Å²) < 4.78 is 32.3. The molecule has 0 spiro atoms. The lowest BCUT2D eigenvalue weighted by Gasteiger charge is -2.21. The van der Waals surface area contributed by atoms with Gasteiger partial charge in [-0.2, -0.15) is 8.75 Å². The number of aromatic nitrogens is 2. The van der Waals surface area contributed by atoms with Crippen LogP contribution in [0.15, 0.2) is 72.8 Å². The molecule has 1 atom stereocenters. The van der Waals surface area contributed by atoms with E-state index < -0.39 is 17.2 Å². The number of anilines is 2. The van der Waals surface area contributed by atoms with Crippen LogP contribution in [0.3, 0.4) is 0 Å². The highest BCUT2D eigenvalue weighted by Gasteiger charge is 2.27. The predicted molar refractivity (Wildman–Crippen MR) is 136 cm³/mol. The van der Waals surface area contributed by atoms with Crippen LogP contribution in [0.4, 0.5) is 11.5 Å². The first-order valence-electron chi connectivity index (χ1n) is 10.0. The van der Waals surface area contributed by atoms with Crippen LogP contribution in [0, 0.1) is 0 Å². The fraction of sp³-hybridized carbons (Fsp3) is 0.0870. The maximum absolute atomic E-state index is 13.1. The second kappa shape index (κ2) is 11.1. The molecule has 0 bridgehead atoms. The van der Waals surface area contributed by atoms with Crippen molar-refractivity contribution in [2.75, 3.05) is 4.31 Å². The lowest BCUT2D eigenvalue weighted by molar-refractivity contribution is 0.0951. The molecule has 4 aromatic rings. The highest BCUT2D eigenvalue weighted by molar-refractivity contribution is 7.81. The van der Waals surface area contributed by atoms with Gasteiger partial charge in [0, 0.05) is 23.0 Å². The third kappa shape index (κ3) is 5.63. The van der Waals surface area contributed by atoms with E-state index in [1.165, 1.54) is 18.2 Å². The number of hydrogen-bond acceptors (Lipinski definition) is 5. The Bertz CT molecular complexity index is 1330. The zero-order chi connectivity index (χ0) is 24.1. The molecule has 34 heavy (non-hydrogen) atoms. The maximum Gasteiger partial charge on any atom is 0.268 e. The fourth-order valence-electron chi connectivity index (χ4n) is 3.31. The van der Waals surface area contributed by atoms with E-state index in [1.807, 2.05) is 36.4 Å². The number of carbonyl (C=O) groups excluding carboxylic acids is 1. The number of nitrogens with zero attached hydrogens (tertiary/aromatic N) is 3. The molecule has 0 radical (unpaired) electrons. The summed E-state index contributed by atoms with van der Waals surface area (Å²) in [6.07, 6.45) is 0.398. The predicted octanol–water partition coefficient (Wildman–Crippen LogP) is 5.64. The van der Waals surface area contributed by atoms with Crippen LogP contribution in [0.5, 0.6) is 0 Å². The first-order valence-corrected chi connectivity index (χ1v) is 12.6. The molecule has 0 aliphatic rings. The molecule has 7 nitrogen and oxygen atoms in total. The van der Waals surface area contributed by atoms with Gasteiger partial charge in [-0.25, -0.2) is 8.51 Å². The first kappa shape index (κ1) is 24.3. The van der Waals surface area contributed by atoms with Crippen LogP contribution in [-0.2, 0) is 24.2 Å². The standard InChI is InChI=1S/C23H18Cl2N4O3S2/c24-17-10-11-18(23(30)26-14-16-8-4-5-9-19(16)25)21(13-17)29(34(31)32)22-20(27-33-28-22)12-15-6-2-1-3-7-15/h1-11,13H,12,14H2,(H,26,30)(H,31,32). The van der Waals surface area contributed by atoms with Gasteiger partial charge >= 0.3 is 0 Å². The van der Waals surface area contributed by atoms with Gasteiger partial charge in [0.05, 0.1) is 23.0 Å². The van der Waals surface area contributed by atoms with Gasteiger partial charge in [-0.05, 0) is 35.4 Å². The van der Waals surface area contributed by atoms with Crippen molar-refractivity contribution in [2.45, 2.75) is 13.0 Å². The Balaban J connectivity index is 1.68. The molecule has 4 rings (SSSR count). The fourth-order valence-corrected chi connectivity index (χ4v) is 4.89. The molecule has 1 amide bonds. The molecule has 0 aliphatic heterocycles. The van der Waals surface area contributed by atoms with E-state index in [2.05, 4.69) is 14.1 Å². The van der Waals surface area contributed by atoms with E-state index in [0.29, 0.717) is 22.2 Å². The van der Waals surface area contributed by atoms with E-state index in [9.17, 15) is 13.6 Å². The van der Waals surface area contributed by atoms with Gasteiger partial charge in [0.1, 0.15) is 5.69 Å². The molecule has 0 fully saturated rings. The minimum absolute atomic E-state index is 0.131. The zero-order valence-corrected chi connectivity index (χ0v) is 20.7. The molecular weight excluding hydrogens is 515 g/mol. The second-order valence-corrected chi connectivity index (χ2v) is 9.36. The Morgan fingerprint density at radius 1 is 1.03 bits per heavy atom. The second-order valence-electron chi connectivity index (χ2n) is 7.16. The van der Waals surface area contributed by atoms with Crippen molar-refractivity contribution in [2.24, 2.45) is 0 Å². The average Bonchev–Trinajstić information content (AvgIpc) is 3.26. The van der Waals surface area contributed by atoms with Gasteiger partial charge in [0.15, 0.2) is 5.82 Å². The number of amides is 1. The van der Waals surface area contributed by atoms with Gasteiger partial charge in [0.25, 0.3) is 17.2 Å². The largest absolute Gasteiger partial charge is 0.348 e. The molecule has 0 saturated carbocycles. The quantitative estimate of drug-likeness (QED) is 0.286. The monoisotopic (exact) mass is 532 g/mol. The van der Waals surface area contributed by atoms with E-state index in [-0.39, 0.29) is 23.6 Å². The summed E-state index contributed by atoms with van der Waals surface area (Å²) in [5, 5.41) is 3.62. The van der Waals surface area contributed by atoms with Gasteiger partial charge in [0.2, 0.25) is 0 Å². The van der Waals surface area contributed by atoms with Crippen molar-refractivity contribution in [1.29, 1.82) is 0 Å². The summed E-state index contributed by atoms with van der Waals surface area (Å²) >= 11 is 10.8. The molecule has 174 valence electrons.